The molecule has 1 heterocycles. The van der Waals surface area contributed by atoms with Crippen molar-refractivity contribution in [2.45, 2.75) is 77.2 Å². The minimum absolute atomic E-state index is 0.101. The molecule has 0 unspecified atom stereocenters. The van der Waals surface area contributed by atoms with E-state index in [4.69, 9.17) is 18.9 Å². The lowest BCUT2D eigenvalue weighted by atomic mass is 10.0. The van der Waals surface area contributed by atoms with Crippen LogP contribution in [-0.4, -0.2) is 42.9 Å². The molecule has 0 saturated carbocycles. The molecule has 0 aliphatic carbocycles. The maximum atomic E-state index is 9.58. The van der Waals surface area contributed by atoms with E-state index in [2.05, 4.69) is 0 Å². The van der Waals surface area contributed by atoms with Crippen molar-refractivity contribution in [3.63, 3.8) is 0 Å². The second-order valence-corrected chi connectivity index (χ2v) is 7.24. The van der Waals surface area contributed by atoms with Gasteiger partial charge in [-0.3, -0.25) is 0 Å². The molecule has 2 rings (SSSR count). The van der Waals surface area contributed by atoms with Crippen molar-refractivity contribution in [1.82, 2.24) is 0 Å². The van der Waals surface area contributed by atoms with Crippen LogP contribution in [0, 0.1) is 0 Å². The van der Waals surface area contributed by atoms with E-state index in [-0.39, 0.29) is 18.3 Å². The van der Waals surface area contributed by atoms with Crippen LogP contribution in [0.25, 0.3) is 0 Å². The normalized spacial score (nSPS) is 21.9. The van der Waals surface area contributed by atoms with Gasteiger partial charge < -0.3 is 24.1 Å². The van der Waals surface area contributed by atoms with Gasteiger partial charge in [0.1, 0.15) is 5.75 Å². The highest BCUT2D eigenvalue weighted by molar-refractivity contribution is 5.26. The van der Waals surface area contributed by atoms with E-state index in [1.165, 1.54) is 0 Å². The van der Waals surface area contributed by atoms with Crippen molar-refractivity contribution in [2.75, 3.05) is 13.7 Å². The number of hydrogen-bond donors (Lipinski definition) is 1. The van der Waals surface area contributed by atoms with Crippen LogP contribution in [0.2, 0.25) is 0 Å². The summed E-state index contributed by atoms with van der Waals surface area (Å²) in [6.45, 7) is 6.89. The van der Waals surface area contributed by atoms with Crippen LogP contribution in [0.4, 0.5) is 0 Å². The molecule has 1 fully saturated rings. The minimum Gasteiger partial charge on any atom is -0.497 e. The maximum absolute atomic E-state index is 9.58. The lowest BCUT2D eigenvalue weighted by Crippen LogP contribution is -2.23. The van der Waals surface area contributed by atoms with E-state index in [1.807, 2.05) is 45.0 Å². The largest absolute Gasteiger partial charge is 0.497 e. The zero-order valence-corrected chi connectivity index (χ0v) is 15.9. The molecule has 25 heavy (non-hydrogen) atoms. The summed E-state index contributed by atoms with van der Waals surface area (Å²) in [7, 11) is 1.66. The van der Waals surface area contributed by atoms with Crippen LogP contribution in [-0.2, 0) is 20.8 Å². The fourth-order valence-electron chi connectivity index (χ4n) is 2.95. The summed E-state index contributed by atoms with van der Waals surface area (Å²) in [5.74, 6) is 0.361. The Kier molecular flexibility index (Phi) is 7.69. The number of rotatable bonds is 10. The van der Waals surface area contributed by atoms with Gasteiger partial charge in [0.05, 0.1) is 38.6 Å². The van der Waals surface area contributed by atoms with Crippen LogP contribution in [0.3, 0.4) is 0 Å². The van der Waals surface area contributed by atoms with Crippen LogP contribution in [0.1, 0.15) is 52.0 Å². The van der Waals surface area contributed by atoms with Crippen molar-refractivity contribution >= 4 is 0 Å². The molecule has 1 aliphatic heterocycles. The Bertz CT molecular complexity index is 497. The fourth-order valence-corrected chi connectivity index (χ4v) is 2.95. The second kappa shape index (κ2) is 9.53. The summed E-state index contributed by atoms with van der Waals surface area (Å²) in [6, 6.07) is 7.91. The summed E-state index contributed by atoms with van der Waals surface area (Å²) in [6.07, 6.45) is 3.28. The summed E-state index contributed by atoms with van der Waals surface area (Å²) in [5, 5.41) is 9.58. The molecular weight excluding hydrogens is 320 g/mol. The van der Waals surface area contributed by atoms with Gasteiger partial charge in [-0.05, 0) is 64.2 Å². The molecule has 1 aromatic carbocycles. The molecule has 142 valence electrons. The SMILES string of the molecule is COc1ccc(CO[C@H](CC[C@H]2COC(C)(C)O2)CC[C@H](C)O)cc1. The molecule has 1 N–H and O–H groups in total. The monoisotopic (exact) mass is 352 g/mol. The first kappa shape index (κ1) is 20.2. The predicted molar refractivity (Wildman–Crippen MR) is 96.6 cm³/mol. The quantitative estimate of drug-likeness (QED) is 0.696. The topological polar surface area (TPSA) is 57.2 Å². The molecule has 0 amide bonds. The zero-order valence-electron chi connectivity index (χ0n) is 15.9. The van der Waals surface area contributed by atoms with Gasteiger partial charge in [0.15, 0.2) is 5.79 Å². The summed E-state index contributed by atoms with van der Waals surface area (Å²) < 4.78 is 22.8. The van der Waals surface area contributed by atoms with Crippen molar-refractivity contribution in [3.05, 3.63) is 29.8 Å². The van der Waals surface area contributed by atoms with Gasteiger partial charge in [-0.25, -0.2) is 0 Å². The Balaban J connectivity index is 1.81. The van der Waals surface area contributed by atoms with E-state index in [0.717, 1.165) is 37.0 Å². The van der Waals surface area contributed by atoms with E-state index in [0.29, 0.717) is 13.2 Å². The van der Waals surface area contributed by atoms with Crippen molar-refractivity contribution in [1.29, 1.82) is 0 Å². The molecule has 0 spiro atoms. The van der Waals surface area contributed by atoms with Gasteiger partial charge in [0, 0.05) is 0 Å². The summed E-state index contributed by atoms with van der Waals surface area (Å²) in [4.78, 5) is 0. The fraction of sp³-hybridized carbons (Fsp3) is 0.700. The van der Waals surface area contributed by atoms with Gasteiger partial charge in [-0.15, -0.1) is 0 Å². The molecule has 0 bridgehead atoms. The molecule has 5 heteroatoms. The first-order valence-corrected chi connectivity index (χ1v) is 9.12. The number of ether oxygens (including phenoxy) is 4. The average Bonchev–Trinajstić information content (AvgIpc) is 2.93. The zero-order chi connectivity index (χ0) is 18.3. The van der Waals surface area contributed by atoms with Gasteiger partial charge in [-0.1, -0.05) is 12.1 Å². The second-order valence-electron chi connectivity index (χ2n) is 7.24. The first-order valence-electron chi connectivity index (χ1n) is 9.12. The van der Waals surface area contributed by atoms with Crippen LogP contribution >= 0.6 is 0 Å². The van der Waals surface area contributed by atoms with E-state index >= 15 is 0 Å². The highest BCUT2D eigenvalue weighted by Crippen LogP contribution is 2.26. The number of aliphatic hydroxyl groups is 1. The Labute approximate surface area is 151 Å². The average molecular weight is 352 g/mol. The van der Waals surface area contributed by atoms with Crippen LogP contribution < -0.4 is 4.74 Å². The number of aliphatic hydroxyl groups excluding tert-OH is 1. The van der Waals surface area contributed by atoms with E-state index in [9.17, 15) is 5.11 Å². The Hall–Kier alpha value is -1.14. The molecule has 0 radical (unpaired) electrons. The highest BCUT2D eigenvalue weighted by atomic mass is 16.7. The lowest BCUT2D eigenvalue weighted by molar-refractivity contribution is -0.140. The van der Waals surface area contributed by atoms with Gasteiger partial charge in [-0.2, -0.15) is 0 Å². The third-order valence-electron chi connectivity index (χ3n) is 4.43. The van der Waals surface area contributed by atoms with Crippen molar-refractivity contribution in [2.24, 2.45) is 0 Å². The third-order valence-corrected chi connectivity index (χ3v) is 4.43. The molecule has 5 nitrogen and oxygen atoms in total. The smallest absolute Gasteiger partial charge is 0.163 e. The van der Waals surface area contributed by atoms with E-state index in [1.54, 1.807) is 7.11 Å². The summed E-state index contributed by atoms with van der Waals surface area (Å²) >= 11 is 0. The molecule has 0 aromatic heterocycles. The summed E-state index contributed by atoms with van der Waals surface area (Å²) in [5.41, 5.74) is 1.12. The molecule has 1 saturated heterocycles. The first-order chi connectivity index (χ1) is 11.9. The number of hydrogen-bond acceptors (Lipinski definition) is 5. The van der Waals surface area contributed by atoms with Crippen molar-refractivity contribution in [3.8, 4) is 5.75 Å². The Morgan fingerprint density at radius 1 is 1.20 bits per heavy atom. The maximum Gasteiger partial charge on any atom is 0.163 e. The molecule has 1 aromatic rings. The molecular formula is C20H32O5. The minimum atomic E-state index is -0.482. The third kappa shape index (κ3) is 7.32. The molecule has 3 atom stereocenters. The van der Waals surface area contributed by atoms with Gasteiger partial charge in [0.2, 0.25) is 0 Å². The van der Waals surface area contributed by atoms with E-state index < -0.39 is 5.79 Å². The van der Waals surface area contributed by atoms with Crippen LogP contribution in [0.5, 0.6) is 5.75 Å². The van der Waals surface area contributed by atoms with Gasteiger partial charge >= 0.3 is 0 Å². The van der Waals surface area contributed by atoms with Crippen molar-refractivity contribution < 1.29 is 24.1 Å². The number of methoxy groups -OCH3 is 1. The lowest BCUT2D eigenvalue weighted by Gasteiger charge is -2.21. The Morgan fingerprint density at radius 2 is 1.92 bits per heavy atom. The predicted octanol–water partition coefficient (Wildman–Crippen LogP) is 3.67. The van der Waals surface area contributed by atoms with Crippen LogP contribution in [0.15, 0.2) is 24.3 Å². The standard InChI is InChI=1S/C20H32O5/c1-15(21)5-8-18(11-12-19-14-24-20(2,3)25-19)23-13-16-6-9-17(22-4)10-7-16/h6-7,9-10,15,18-19,21H,5,8,11-14H2,1-4H3/t15-,18-,19-/m0/s1. The Morgan fingerprint density at radius 3 is 2.48 bits per heavy atom. The van der Waals surface area contributed by atoms with Gasteiger partial charge in [0.25, 0.3) is 0 Å². The highest BCUT2D eigenvalue weighted by Gasteiger charge is 2.32. The number of benzene rings is 1. The molecule has 1 aliphatic rings.